The molecule has 2 N–H and O–H groups in total. The van der Waals surface area contributed by atoms with E-state index in [-0.39, 0.29) is 29.0 Å². The molecule has 9 heteroatoms. The predicted octanol–water partition coefficient (Wildman–Crippen LogP) is 4.40. The molecule has 0 aliphatic rings. The normalized spacial score (nSPS) is 10.7. The Bertz CT molecular complexity index is 964. The number of nitrogens with zero attached hydrogens (tertiary/aromatic N) is 1. The van der Waals surface area contributed by atoms with E-state index in [1.807, 2.05) is 0 Å². The van der Waals surface area contributed by atoms with Crippen LogP contribution in [0.2, 0.25) is 5.02 Å². The van der Waals surface area contributed by atoms with Gasteiger partial charge in [-0.05, 0) is 30.3 Å². The van der Waals surface area contributed by atoms with Crippen LogP contribution in [-0.4, -0.2) is 28.3 Å². The number of thiazole rings is 1. The van der Waals surface area contributed by atoms with Crippen molar-refractivity contribution in [1.29, 1.82) is 0 Å². The maximum atomic E-state index is 13.5. The van der Waals surface area contributed by atoms with Gasteiger partial charge in [-0.3, -0.25) is 9.59 Å². The van der Waals surface area contributed by atoms with Crippen LogP contribution in [0.1, 0.15) is 0 Å². The molecular formula is C17H13ClFN3O2S2. The van der Waals surface area contributed by atoms with Crippen LogP contribution < -0.4 is 10.6 Å². The lowest BCUT2D eigenvalue weighted by molar-refractivity contribution is -0.114. The fraction of sp³-hybridized carbons (Fsp3) is 0.118. The minimum absolute atomic E-state index is 0.0389. The zero-order chi connectivity index (χ0) is 18.5. The number of aromatic nitrogens is 1. The summed E-state index contributed by atoms with van der Waals surface area (Å²) in [6.45, 7) is 0. The van der Waals surface area contributed by atoms with Crippen molar-refractivity contribution in [3.05, 3.63) is 53.3 Å². The van der Waals surface area contributed by atoms with Crippen molar-refractivity contribution in [2.24, 2.45) is 0 Å². The van der Waals surface area contributed by atoms with Crippen LogP contribution in [0.15, 0.2) is 42.5 Å². The topological polar surface area (TPSA) is 71.1 Å². The van der Waals surface area contributed by atoms with Gasteiger partial charge in [0.15, 0.2) is 5.13 Å². The van der Waals surface area contributed by atoms with Gasteiger partial charge in [-0.1, -0.05) is 35.1 Å². The standard InChI is InChI=1S/C17H13ClFN3O2S2/c18-10-5-6-13-14(7-10)26-17(21-13)22-16(24)9-25-8-15(23)20-12-4-2-1-3-11(12)19/h1-7H,8-9H2,(H,20,23)(H,21,22,24). The van der Waals surface area contributed by atoms with Gasteiger partial charge in [0.05, 0.1) is 27.4 Å². The Morgan fingerprint density at radius 1 is 1.12 bits per heavy atom. The molecule has 1 aromatic heterocycles. The van der Waals surface area contributed by atoms with Crippen LogP contribution in [0.3, 0.4) is 0 Å². The largest absolute Gasteiger partial charge is 0.323 e. The summed E-state index contributed by atoms with van der Waals surface area (Å²) < 4.78 is 14.3. The fourth-order valence-electron chi connectivity index (χ4n) is 2.09. The van der Waals surface area contributed by atoms with Crippen LogP contribution in [0.5, 0.6) is 0 Å². The first-order valence-corrected chi connectivity index (χ1v) is 9.84. The van der Waals surface area contributed by atoms with Gasteiger partial charge in [0.25, 0.3) is 0 Å². The molecule has 2 amide bonds. The lowest BCUT2D eigenvalue weighted by Gasteiger charge is -2.06. The van der Waals surface area contributed by atoms with Crippen molar-refractivity contribution in [2.75, 3.05) is 22.1 Å². The van der Waals surface area contributed by atoms with Gasteiger partial charge in [-0.2, -0.15) is 0 Å². The Morgan fingerprint density at radius 3 is 2.62 bits per heavy atom. The summed E-state index contributed by atoms with van der Waals surface area (Å²) in [7, 11) is 0. The Morgan fingerprint density at radius 2 is 1.85 bits per heavy atom. The number of amides is 2. The molecule has 0 bridgehead atoms. The van der Waals surface area contributed by atoms with E-state index in [0.29, 0.717) is 10.2 Å². The first kappa shape index (κ1) is 18.6. The number of anilines is 2. The summed E-state index contributed by atoms with van der Waals surface area (Å²) in [5.74, 6) is -1.01. The summed E-state index contributed by atoms with van der Waals surface area (Å²) in [5.41, 5.74) is 0.877. The van der Waals surface area contributed by atoms with Crippen LogP contribution in [0.4, 0.5) is 15.2 Å². The monoisotopic (exact) mass is 409 g/mol. The molecular weight excluding hydrogens is 397 g/mol. The number of nitrogens with one attached hydrogen (secondary N) is 2. The average molecular weight is 410 g/mol. The Kier molecular flexibility index (Phi) is 6.08. The molecule has 0 aliphatic carbocycles. The number of rotatable bonds is 6. The van der Waals surface area contributed by atoms with E-state index < -0.39 is 5.82 Å². The summed E-state index contributed by atoms with van der Waals surface area (Å²) in [6.07, 6.45) is 0. The molecule has 0 fully saturated rings. The van der Waals surface area contributed by atoms with E-state index >= 15 is 0 Å². The second-order valence-electron chi connectivity index (χ2n) is 5.20. The average Bonchev–Trinajstić information content (AvgIpc) is 2.98. The van der Waals surface area contributed by atoms with E-state index in [1.54, 1.807) is 30.3 Å². The molecule has 0 spiro atoms. The highest BCUT2D eigenvalue weighted by atomic mass is 35.5. The second-order valence-corrected chi connectivity index (χ2v) is 7.65. The van der Waals surface area contributed by atoms with Crippen molar-refractivity contribution in [3.63, 3.8) is 0 Å². The van der Waals surface area contributed by atoms with E-state index in [1.165, 1.54) is 23.5 Å². The molecule has 0 aliphatic heterocycles. The number of hydrogen-bond donors (Lipinski definition) is 2. The van der Waals surface area contributed by atoms with Gasteiger partial charge in [0.1, 0.15) is 5.82 Å². The zero-order valence-corrected chi connectivity index (χ0v) is 15.7. The van der Waals surface area contributed by atoms with Crippen molar-refractivity contribution < 1.29 is 14.0 Å². The van der Waals surface area contributed by atoms with Crippen molar-refractivity contribution in [1.82, 2.24) is 4.98 Å². The first-order chi connectivity index (χ1) is 12.5. The number of benzene rings is 2. The minimum Gasteiger partial charge on any atom is -0.323 e. The van der Waals surface area contributed by atoms with Crippen LogP contribution in [0.25, 0.3) is 10.2 Å². The van der Waals surface area contributed by atoms with Crippen molar-refractivity contribution in [3.8, 4) is 0 Å². The number of para-hydroxylation sites is 1. The molecule has 3 aromatic rings. The van der Waals surface area contributed by atoms with Crippen molar-refractivity contribution in [2.45, 2.75) is 0 Å². The third kappa shape index (κ3) is 4.94. The van der Waals surface area contributed by atoms with E-state index in [9.17, 15) is 14.0 Å². The number of hydrogen-bond acceptors (Lipinski definition) is 5. The molecule has 26 heavy (non-hydrogen) atoms. The van der Waals surface area contributed by atoms with Crippen molar-refractivity contribution >= 4 is 67.5 Å². The quantitative estimate of drug-likeness (QED) is 0.633. The maximum absolute atomic E-state index is 13.5. The molecule has 2 aromatic carbocycles. The summed E-state index contributed by atoms with van der Waals surface area (Å²) in [5, 5.41) is 6.25. The highest BCUT2D eigenvalue weighted by Gasteiger charge is 2.11. The van der Waals surface area contributed by atoms with Gasteiger partial charge in [0.2, 0.25) is 11.8 Å². The predicted molar refractivity (Wildman–Crippen MR) is 106 cm³/mol. The van der Waals surface area contributed by atoms with Gasteiger partial charge >= 0.3 is 0 Å². The molecule has 0 radical (unpaired) electrons. The van der Waals surface area contributed by atoms with Crippen LogP contribution in [0, 0.1) is 5.82 Å². The Balaban J connectivity index is 1.46. The molecule has 0 atom stereocenters. The summed E-state index contributed by atoms with van der Waals surface area (Å²) in [6, 6.07) is 11.2. The second kappa shape index (κ2) is 8.48. The number of fused-ring (bicyclic) bond motifs is 1. The minimum atomic E-state index is -0.500. The number of halogens is 2. The highest BCUT2D eigenvalue weighted by molar-refractivity contribution is 8.00. The van der Waals surface area contributed by atoms with E-state index in [0.717, 1.165) is 22.0 Å². The molecule has 0 saturated carbocycles. The van der Waals surface area contributed by atoms with Gasteiger partial charge in [-0.25, -0.2) is 9.37 Å². The van der Waals surface area contributed by atoms with E-state index in [4.69, 9.17) is 11.6 Å². The van der Waals surface area contributed by atoms with Gasteiger partial charge in [0, 0.05) is 5.02 Å². The summed E-state index contributed by atoms with van der Waals surface area (Å²) in [4.78, 5) is 28.1. The van der Waals surface area contributed by atoms with Crippen LogP contribution >= 0.6 is 34.7 Å². The van der Waals surface area contributed by atoms with Gasteiger partial charge < -0.3 is 10.6 Å². The number of carbonyl (C=O) groups is 2. The first-order valence-electron chi connectivity index (χ1n) is 7.49. The molecule has 3 rings (SSSR count). The number of thioether (sulfide) groups is 1. The third-order valence-electron chi connectivity index (χ3n) is 3.21. The third-order valence-corrected chi connectivity index (χ3v) is 5.31. The lowest BCUT2D eigenvalue weighted by atomic mass is 10.3. The highest BCUT2D eigenvalue weighted by Crippen LogP contribution is 2.28. The van der Waals surface area contributed by atoms with Gasteiger partial charge in [-0.15, -0.1) is 11.8 Å². The molecule has 0 unspecified atom stereocenters. The Labute approximate surface area is 162 Å². The maximum Gasteiger partial charge on any atom is 0.236 e. The molecule has 0 saturated heterocycles. The zero-order valence-electron chi connectivity index (χ0n) is 13.3. The lowest BCUT2D eigenvalue weighted by Crippen LogP contribution is -2.18. The Hall–Kier alpha value is -2.16. The molecule has 5 nitrogen and oxygen atoms in total. The molecule has 134 valence electrons. The van der Waals surface area contributed by atoms with Crippen LogP contribution in [-0.2, 0) is 9.59 Å². The fourth-order valence-corrected chi connectivity index (χ4v) is 3.87. The van der Waals surface area contributed by atoms with E-state index in [2.05, 4.69) is 15.6 Å². The summed E-state index contributed by atoms with van der Waals surface area (Å²) >= 11 is 8.38. The smallest absolute Gasteiger partial charge is 0.236 e. The number of carbonyl (C=O) groups excluding carboxylic acids is 2. The molecule has 1 heterocycles. The SMILES string of the molecule is O=C(CSCC(=O)Nc1ccccc1F)Nc1nc2ccc(Cl)cc2s1.